The fourth-order valence-electron chi connectivity index (χ4n) is 9.77. The van der Waals surface area contributed by atoms with Crippen molar-refractivity contribution < 1.29 is 49.0 Å². The quantitative estimate of drug-likeness (QED) is 0.213. The van der Waals surface area contributed by atoms with Crippen LogP contribution in [0.3, 0.4) is 0 Å². The van der Waals surface area contributed by atoms with E-state index in [0.29, 0.717) is 29.6 Å². The molecule has 51 heavy (non-hydrogen) atoms. The Bertz CT molecular complexity index is 1850. The van der Waals surface area contributed by atoms with Gasteiger partial charge in [0.05, 0.1) is 0 Å². The number of fused-ring (bicyclic) bond motifs is 6. The van der Waals surface area contributed by atoms with E-state index in [0.717, 1.165) is 12.8 Å². The minimum atomic E-state index is 0. The van der Waals surface area contributed by atoms with E-state index in [1.807, 2.05) is 12.1 Å². The topological polar surface area (TPSA) is 0 Å². The monoisotopic (exact) mass is 790 g/mol. The Labute approximate surface area is 336 Å². The largest absolute Gasteiger partial charge is 0.206 e. The molecule has 3 heteroatoms. The summed E-state index contributed by atoms with van der Waals surface area (Å²) in [6, 6.07) is 38.4. The van der Waals surface area contributed by atoms with Gasteiger partial charge in [-0.25, -0.2) is 12.0 Å². The third-order valence-electron chi connectivity index (χ3n) is 13.5. The normalized spacial score (nSPS) is 28.3. The summed E-state index contributed by atoms with van der Waals surface area (Å²) < 4.78 is 2.25. The molecule has 0 amide bonds. The molecular formula is C48H54Cl2Zr-2. The molecule has 0 N–H and O–H groups in total. The number of allylic oxidation sites excluding steroid dienone is 6. The van der Waals surface area contributed by atoms with Crippen molar-refractivity contribution in [3.8, 4) is 11.1 Å². The van der Waals surface area contributed by atoms with Gasteiger partial charge in [-0.1, -0.05) is 150 Å². The Balaban J connectivity index is 0.000000218. The molecular weight excluding hydrogens is 739 g/mol. The number of halogens is 2. The number of rotatable bonds is 3. The van der Waals surface area contributed by atoms with Gasteiger partial charge in [0.25, 0.3) is 0 Å². The number of benzene rings is 3. The van der Waals surface area contributed by atoms with Crippen molar-refractivity contribution in [2.45, 2.75) is 68.2 Å². The van der Waals surface area contributed by atoms with Gasteiger partial charge in [0, 0.05) is 5.41 Å². The second kappa shape index (κ2) is 17.1. The van der Waals surface area contributed by atoms with Crippen LogP contribution in [-0.2, 0) is 37.1 Å². The van der Waals surface area contributed by atoms with Gasteiger partial charge >= 0.3 is 70.3 Å². The average molecular weight is 793 g/mol. The second-order valence-corrected chi connectivity index (χ2v) is 16.4. The van der Waals surface area contributed by atoms with Gasteiger partial charge in [0.2, 0.25) is 0 Å². The molecule has 0 radical (unpaired) electrons. The summed E-state index contributed by atoms with van der Waals surface area (Å²) in [7, 11) is 0. The SMILES string of the molecule is C[C-]1C2=C3Cc4ccccc4C3=C3C=CC(C)C(C)C3(C)C2(C)C(C)C(C)C1C.[Cl-].[Cl-].[Zr+2]=[CH]Cc1ccccc1.c1ccc(-c2cc[cH-]c2)cc1. The summed E-state index contributed by atoms with van der Waals surface area (Å²) in [5, 5.41) is 0. The van der Waals surface area contributed by atoms with Gasteiger partial charge in [0.1, 0.15) is 0 Å². The molecule has 7 unspecified atom stereocenters. The average Bonchev–Trinajstić information content (AvgIpc) is 3.80. The molecule has 8 rings (SSSR count). The molecule has 0 aliphatic heterocycles. The van der Waals surface area contributed by atoms with Crippen molar-refractivity contribution in [3.63, 3.8) is 0 Å². The maximum absolute atomic E-state index is 2.63. The molecule has 4 aliphatic carbocycles. The molecule has 4 aliphatic rings. The van der Waals surface area contributed by atoms with Crippen molar-refractivity contribution in [1.29, 1.82) is 0 Å². The summed E-state index contributed by atoms with van der Waals surface area (Å²) in [6.45, 7) is 20.2. The summed E-state index contributed by atoms with van der Waals surface area (Å²) >= 11 is 1.51. The van der Waals surface area contributed by atoms with E-state index in [1.165, 1.54) is 52.1 Å². The van der Waals surface area contributed by atoms with E-state index in [1.54, 1.807) is 28.2 Å². The van der Waals surface area contributed by atoms with Crippen LogP contribution in [0.15, 0.2) is 138 Å². The summed E-state index contributed by atoms with van der Waals surface area (Å²) in [4.78, 5) is 0. The predicted molar refractivity (Wildman–Crippen MR) is 208 cm³/mol. The minimum Gasteiger partial charge on any atom is -0.206 e. The van der Waals surface area contributed by atoms with Gasteiger partial charge in [-0.2, -0.15) is 34.9 Å². The van der Waals surface area contributed by atoms with Crippen molar-refractivity contribution in [3.05, 3.63) is 161 Å². The number of hydrogen-bond donors (Lipinski definition) is 0. The van der Waals surface area contributed by atoms with Crippen LogP contribution in [0.1, 0.15) is 72.1 Å². The van der Waals surface area contributed by atoms with Crippen molar-refractivity contribution in [2.24, 2.45) is 40.4 Å². The van der Waals surface area contributed by atoms with Crippen LogP contribution < -0.4 is 24.8 Å². The van der Waals surface area contributed by atoms with Crippen LogP contribution in [-0.4, -0.2) is 3.71 Å². The van der Waals surface area contributed by atoms with Crippen LogP contribution in [0.25, 0.3) is 16.7 Å². The Hall–Kier alpha value is -2.57. The molecule has 4 aromatic rings. The first-order chi connectivity index (χ1) is 23.5. The Morgan fingerprint density at radius 2 is 1.41 bits per heavy atom. The smallest absolute Gasteiger partial charge is 0.0623 e. The molecule has 1 saturated carbocycles. The summed E-state index contributed by atoms with van der Waals surface area (Å²) in [5.74, 6) is 4.93. The fourth-order valence-corrected chi connectivity index (χ4v) is 10.3. The molecule has 0 nitrogen and oxygen atoms in total. The van der Waals surface area contributed by atoms with E-state index in [9.17, 15) is 0 Å². The van der Waals surface area contributed by atoms with Gasteiger partial charge in [0.15, 0.2) is 0 Å². The van der Waals surface area contributed by atoms with E-state index < -0.39 is 0 Å². The van der Waals surface area contributed by atoms with E-state index in [4.69, 9.17) is 0 Å². The molecule has 0 aromatic heterocycles. The van der Waals surface area contributed by atoms with Crippen LogP contribution >= 0.6 is 0 Å². The predicted octanol–water partition coefficient (Wildman–Crippen LogP) is 6.34. The zero-order valence-corrected chi connectivity index (χ0v) is 35.7. The first kappa shape index (κ1) is 41.2. The van der Waals surface area contributed by atoms with Gasteiger partial charge in [-0.3, -0.25) is 0 Å². The maximum atomic E-state index is 2.63. The number of hydrogen-bond acceptors (Lipinski definition) is 0. The first-order valence-corrected chi connectivity index (χ1v) is 19.9. The summed E-state index contributed by atoms with van der Waals surface area (Å²) in [6.07, 6.45) is 7.24. The molecule has 7 atom stereocenters. The molecule has 0 spiro atoms. The molecule has 4 aromatic carbocycles. The molecule has 0 saturated heterocycles. The van der Waals surface area contributed by atoms with Crippen molar-refractivity contribution in [1.82, 2.24) is 0 Å². The van der Waals surface area contributed by atoms with Crippen molar-refractivity contribution in [2.75, 3.05) is 0 Å². The fraction of sp³-hybridized carbons (Fsp3) is 0.354. The Morgan fingerprint density at radius 3 is 2.04 bits per heavy atom. The van der Waals surface area contributed by atoms with Gasteiger partial charge in [-0.15, -0.1) is 6.92 Å². The third-order valence-corrected chi connectivity index (χ3v) is 14.0. The van der Waals surface area contributed by atoms with Crippen LogP contribution in [0.5, 0.6) is 0 Å². The van der Waals surface area contributed by atoms with Gasteiger partial charge < -0.3 is 24.8 Å². The second-order valence-electron chi connectivity index (χ2n) is 15.4. The molecule has 0 bridgehead atoms. The third kappa shape index (κ3) is 7.22. The van der Waals surface area contributed by atoms with E-state index >= 15 is 0 Å². The minimum absolute atomic E-state index is 0. The molecule has 266 valence electrons. The van der Waals surface area contributed by atoms with Crippen LogP contribution in [0.2, 0.25) is 0 Å². The Kier molecular flexibility index (Phi) is 13.8. The molecule has 0 heterocycles. The van der Waals surface area contributed by atoms with Gasteiger partial charge in [-0.05, 0) is 34.7 Å². The molecule has 1 fully saturated rings. The summed E-state index contributed by atoms with van der Waals surface area (Å²) in [5.41, 5.74) is 13.9. The van der Waals surface area contributed by atoms with E-state index in [2.05, 4.69) is 168 Å². The Morgan fingerprint density at radius 1 is 0.784 bits per heavy atom. The first-order valence-electron chi connectivity index (χ1n) is 18.4. The van der Waals surface area contributed by atoms with Crippen molar-refractivity contribution >= 4 is 9.28 Å². The standard InChI is InChI=1S/C29H37.C11H9.C8H8.2ClH.Zr/c1-16-13-14-25-26-23-12-10-9-11-22(23)15-24(26)27-19(4)17(2)18(3)21(6)29(27,8)28(25,7)20(16)5;1-2-6-10(7-3-1)11-8-4-5-9-11;1-2-8-6-4-3-5-7-8;;;/h9-14,16-18,20-21H,15H2,1-8H3;1-9H;1,3-7H,2H2;2*1H;/q2*-1;;;;+2/p-2. The van der Waals surface area contributed by atoms with Crippen LogP contribution in [0, 0.1) is 46.3 Å². The van der Waals surface area contributed by atoms with Crippen LogP contribution in [0.4, 0.5) is 0 Å². The van der Waals surface area contributed by atoms with E-state index in [-0.39, 0.29) is 35.6 Å². The zero-order chi connectivity index (χ0) is 34.9. The zero-order valence-electron chi connectivity index (χ0n) is 31.7. The maximum Gasteiger partial charge on any atom is -0.0623 e.